The standard InChI is InChI=1S/C53H40N10O4/c1-5-48(64)58-46-22-39(12-7-31(46)3)63-51(67)21-36(43-27-55-45-15-9-33(20-42(45)53(43)63)37-25-56-59(4)28-37)29-60-30-38(26-57-60)34-10-14-44-41(19-34)52-35(24-54-44)11-16-50(66)62(52)40-13-8-32-17-18-61(47(32)23-40)49(65)6-2/h5-16,19-28,30H,1-2,17-18,29H2,3-4H3,(H,58,64). The number of hydrogen-bond acceptors (Lipinski definition) is 8. The second kappa shape index (κ2) is 15.9. The Kier molecular flexibility index (Phi) is 9.65. The molecule has 7 heterocycles. The molecule has 0 aliphatic carbocycles. The predicted octanol–water partition coefficient (Wildman–Crippen LogP) is 8.21. The van der Waals surface area contributed by atoms with Gasteiger partial charge in [-0.15, -0.1) is 0 Å². The molecule has 0 unspecified atom stereocenters. The fourth-order valence-electron chi connectivity index (χ4n) is 9.23. The second-order valence-corrected chi connectivity index (χ2v) is 16.7. The zero-order valence-corrected chi connectivity index (χ0v) is 36.5. The molecule has 1 N–H and O–H groups in total. The van der Waals surface area contributed by atoms with Crippen LogP contribution >= 0.6 is 0 Å². The number of hydrogen-bond donors (Lipinski definition) is 1. The van der Waals surface area contributed by atoms with Crippen LogP contribution in [0, 0.1) is 6.92 Å². The van der Waals surface area contributed by atoms with Crippen LogP contribution in [0.3, 0.4) is 0 Å². The molecule has 0 radical (unpaired) electrons. The van der Waals surface area contributed by atoms with Crippen molar-refractivity contribution in [2.24, 2.45) is 7.05 Å². The van der Waals surface area contributed by atoms with Gasteiger partial charge in [0.25, 0.3) is 11.1 Å². The Morgan fingerprint density at radius 2 is 1.39 bits per heavy atom. The monoisotopic (exact) mass is 880 g/mol. The molecule has 0 spiro atoms. The number of aromatic nitrogens is 8. The topological polar surface area (TPSA) is 155 Å². The number of amides is 2. The van der Waals surface area contributed by atoms with Gasteiger partial charge in [-0.1, -0.05) is 37.4 Å². The highest BCUT2D eigenvalue weighted by atomic mass is 16.2. The van der Waals surface area contributed by atoms with Crippen LogP contribution in [-0.2, 0) is 29.6 Å². The van der Waals surface area contributed by atoms with Crippen molar-refractivity contribution in [1.29, 1.82) is 0 Å². The van der Waals surface area contributed by atoms with E-state index in [9.17, 15) is 19.2 Å². The van der Waals surface area contributed by atoms with Gasteiger partial charge in [-0.3, -0.25) is 47.6 Å². The maximum Gasteiger partial charge on any atom is 0.255 e. The van der Waals surface area contributed by atoms with Gasteiger partial charge in [0.2, 0.25) is 11.8 Å². The average molecular weight is 881 g/mol. The third-order valence-electron chi connectivity index (χ3n) is 12.6. The van der Waals surface area contributed by atoms with Gasteiger partial charge in [-0.25, -0.2) is 0 Å². The van der Waals surface area contributed by atoms with E-state index >= 15 is 0 Å². The summed E-state index contributed by atoms with van der Waals surface area (Å²) in [4.78, 5) is 64.9. The highest BCUT2D eigenvalue weighted by Gasteiger charge is 2.25. The summed E-state index contributed by atoms with van der Waals surface area (Å²) < 4.78 is 6.88. The molecular weight excluding hydrogens is 841 g/mol. The molecule has 67 heavy (non-hydrogen) atoms. The van der Waals surface area contributed by atoms with E-state index in [1.165, 1.54) is 18.2 Å². The molecule has 14 heteroatoms. The fourth-order valence-corrected chi connectivity index (χ4v) is 9.23. The first-order chi connectivity index (χ1) is 32.5. The van der Waals surface area contributed by atoms with E-state index in [2.05, 4.69) is 23.6 Å². The molecule has 0 saturated heterocycles. The molecule has 0 bridgehead atoms. The van der Waals surface area contributed by atoms with Crippen LogP contribution < -0.4 is 21.3 Å². The van der Waals surface area contributed by atoms with E-state index in [1.807, 2.05) is 93.1 Å². The summed E-state index contributed by atoms with van der Waals surface area (Å²) in [7, 11) is 1.86. The lowest BCUT2D eigenvalue weighted by atomic mass is 10.0. The molecule has 2 amide bonds. The van der Waals surface area contributed by atoms with Crippen LogP contribution in [0.2, 0.25) is 0 Å². The lowest BCUT2D eigenvalue weighted by Gasteiger charge is -2.18. The second-order valence-electron chi connectivity index (χ2n) is 16.7. The first kappa shape index (κ1) is 40.7. The summed E-state index contributed by atoms with van der Waals surface area (Å²) in [5.74, 6) is -0.547. The Morgan fingerprint density at radius 3 is 2.13 bits per heavy atom. The number of aryl methyl sites for hydroxylation is 2. The number of anilines is 2. The van der Waals surface area contributed by atoms with Crippen molar-refractivity contribution in [3.8, 4) is 33.6 Å². The normalized spacial score (nSPS) is 12.3. The molecule has 11 rings (SSSR count). The zero-order chi connectivity index (χ0) is 46.1. The lowest BCUT2D eigenvalue weighted by Crippen LogP contribution is -2.27. The van der Waals surface area contributed by atoms with E-state index in [1.54, 1.807) is 66.4 Å². The molecule has 0 fully saturated rings. The molecule has 0 saturated carbocycles. The molecule has 326 valence electrons. The first-order valence-electron chi connectivity index (χ1n) is 21.6. The highest BCUT2D eigenvalue weighted by Crippen LogP contribution is 2.35. The van der Waals surface area contributed by atoms with Crippen molar-refractivity contribution in [2.75, 3.05) is 16.8 Å². The Hall–Kier alpha value is -9.04. The van der Waals surface area contributed by atoms with Crippen LogP contribution in [0.15, 0.2) is 163 Å². The smallest absolute Gasteiger partial charge is 0.255 e. The van der Waals surface area contributed by atoms with Crippen molar-refractivity contribution in [1.82, 2.24) is 38.7 Å². The summed E-state index contributed by atoms with van der Waals surface area (Å²) in [5, 5.41) is 15.1. The maximum atomic E-state index is 14.6. The van der Waals surface area contributed by atoms with Gasteiger partial charge < -0.3 is 10.2 Å². The summed E-state index contributed by atoms with van der Waals surface area (Å²) in [6, 6.07) is 28.1. The van der Waals surface area contributed by atoms with E-state index in [-0.39, 0.29) is 29.5 Å². The van der Waals surface area contributed by atoms with Gasteiger partial charge in [0.05, 0.1) is 52.4 Å². The highest BCUT2D eigenvalue weighted by molar-refractivity contribution is 6.08. The molecule has 1 aliphatic heterocycles. The summed E-state index contributed by atoms with van der Waals surface area (Å²) in [6.07, 6.45) is 14.2. The minimum Gasteiger partial charge on any atom is -0.322 e. The van der Waals surface area contributed by atoms with Gasteiger partial charge in [-0.2, -0.15) is 10.2 Å². The van der Waals surface area contributed by atoms with E-state index < -0.39 is 0 Å². The predicted molar refractivity (Wildman–Crippen MR) is 262 cm³/mol. The van der Waals surface area contributed by atoms with E-state index in [0.29, 0.717) is 51.2 Å². The van der Waals surface area contributed by atoms with Gasteiger partial charge in [0.15, 0.2) is 0 Å². The Labute approximate surface area is 382 Å². The Balaban J connectivity index is 1.02. The Bertz CT molecular complexity index is 3890. The number of nitrogens with one attached hydrogen (secondary N) is 1. The first-order valence-corrected chi connectivity index (χ1v) is 21.6. The number of pyridine rings is 4. The number of nitrogens with zero attached hydrogens (tertiary/aromatic N) is 9. The van der Waals surface area contributed by atoms with E-state index in [4.69, 9.17) is 15.1 Å². The number of carbonyl (C=O) groups is 2. The Morgan fingerprint density at radius 1 is 0.687 bits per heavy atom. The van der Waals surface area contributed by atoms with Crippen LogP contribution in [0.25, 0.3) is 77.2 Å². The van der Waals surface area contributed by atoms with Crippen molar-refractivity contribution in [3.05, 3.63) is 191 Å². The molecule has 10 aromatic rings. The average Bonchev–Trinajstić information content (AvgIpc) is 4.12. The van der Waals surface area contributed by atoms with Crippen LogP contribution in [0.4, 0.5) is 11.4 Å². The van der Waals surface area contributed by atoms with Gasteiger partial charge >= 0.3 is 0 Å². The number of fused-ring (bicyclic) bond motifs is 7. The summed E-state index contributed by atoms with van der Waals surface area (Å²) >= 11 is 0. The van der Waals surface area contributed by atoms with Gasteiger partial charge in [-0.05, 0) is 108 Å². The van der Waals surface area contributed by atoms with Crippen LogP contribution in [0.5, 0.6) is 0 Å². The summed E-state index contributed by atoms with van der Waals surface area (Å²) in [6.45, 7) is 9.96. The number of carbonyl (C=O) groups excluding carboxylic acids is 2. The van der Waals surface area contributed by atoms with Gasteiger partial charge in [0, 0.05) is 94.6 Å². The SMILES string of the molecule is C=CC(=O)Nc1cc(-n2c(=O)cc(Cn3cc(-c4ccc5ncc6ccc(=O)n(-c7ccc8c(c7)N(C(=O)C=C)CC8)c6c5c4)cn3)c3cnc4ccc(-c5cnn(C)c5)cc4c32)ccc1C. The zero-order valence-electron chi connectivity index (χ0n) is 36.5. The quantitative estimate of drug-likeness (QED) is 0.112. The third-order valence-corrected chi connectivity index (χ3v) is 12.6. The van der Waals surface area contributed by atoms with Crippen molar-refractivity contribution in [3.63, 3.8) is 0 Å². The van der Waals surface area contributed by atoms with E-state index in [0.717, 1.165) is 67.0 Å². The minimum absolute atomic E-state index is 0.188. The van der Waals surface area contributed by atoms with Crippen molar-refractivity contribution < 1.29 is 9.59 Å². The largest absolute Gasteiger partial charge is 0.322 e. The molecule has 1 aliphatic rings. The fraction of sp³-hybridized carbons (Fsp3) is 0.0943. The maximum absolute atomic E-state index is 14.6. The molecule has 0 atom stereocenters. The van der Waals surface area contributed by atoms with Crippen LogP contribution in [0.1, 0.15) is 16.7 Å². The number of rotatable bonds is 9. The summed E-state index contributed by atoms with van der Waals surface area (Å²) in [5.41, 5.74) is 10.8. The van der Waals surface area contributed by atoms with Crippen molar-refractivity contribution >= 4 is 66.8 Å². The molecular formula is C53H40N10O4. The lowest BCUT2D eigenvalue weighted by molar-refractivity contribution is -0.114. The molecule has 6 aromatic heterocycles. The molecule has 14 nitrogen and oxygen atoms in total. The third kappa shape index (κ3) is 6.98. The van der Waals surface area contributed by atoms with Crippen LogP contribution in [-0.4, -0.2) is 57.0 Å². The van der Waals surface area contributed by atoms with Crippen molar-refractivity contribution in [2.45, 2.75) is 19.9 Å². The molecule has 4 aromatic carbocycles. The minimum atomic E-state index is -0.359. The van der Waals surface area contributed by atoms with Gasteiger partial charge in [0.1, 0.15) is 0 Å². The number of benzene rings is 4.